The van der Waals surface area contributed by atoms with E-state index in [-0.39, 0.29) is 5.92 Å². The fourth-order valence-corrected chi connectivity index (χ4v) is 1.85. The summed E-state index contributed by atoms with van der Waals surface area (Å²) in [5, 5.41) is 11.2. The Morgan fingerprint density at radius 3 is 2.18 bits per heavy atom. The van der Waals surface area contributed by atoms with Gasteiger partial charge in [0.2, 0.25) is 0 Å². The second kappa shape index (κ2) is 6.63. The zero-order valence-corrected chi connectivity index (χ0v) is 12.2. The van der Waals surface area contributed by atoms with Gasteiger partial charge in [0.1, 0.15) is 6.04 Å². The molecule has 0 aliphatic rings. The maximum Gasteiger partial charge on any atom is 0.407 e. The van der Waals surface area contributed by atoms with E-state index in [2.05, 4.69) is 25.0 Å². The number of carboxylic acids is 1. The Kier molecular flexibility index (Phi) is 6.23. The molecule has 1 amide bonds. The molecule has 0 radical (unpaired) electrons. The second-order valence-corrected chi connectivity index (χ2v) is 11.3. The summed E-state index contributed by atoms with van der Waals surface area (Å²) in [7, 11) is -1.23. The minimum Gasteiger partial charge on any atom is -0.480 e. The molecule has 0 saturated heterocycles. The van der Waals surface area contributed by atoms with Gasteiger partial charge in [0, 0.05) is 8.07 Å². The molecule has 0 aliphatic heterocycles. The molecule has 1 atom stereocenters. The second-order valence-electron chi connectivity index (χ2n) is 5.65. The van der Waals surface area contributed by atoms with Gasteiger partial charge >= 0.3 is 12.1 Å². The number of alkyl carbamates (subject to hydrolysis) is 1. The lowest BCUT2D eigenvalue weighted by Crippen LogP contribution is -2.44. The molecule has 2 N–H and O–H groups in total. The van der Waals surface area contributed by atoms with Crippen LogP contribution in [0.3, 0.4) is 0 Å². The summed E-state index contributed by atoms with van der Waals surface area (Å²) < 4.78 is 4.97. The van der Waals surface area contributed by atoms with Crippen LogP contribution in [0.25, 0.3) is 0 Å². The van der Waals surface area contributed by atoms with Crippen molar-refractivity contribution in [3.8, 4) is 0 Å². The smallest absolute Gasteiger partial charge is 0.407 e. The van der Waals surface area contributed by atoms with Gasteiger partial charge in [0.05, 0.1) is 6.61 Å². The van der Waals surface area contributed by atoms with Gasteiger partial charge in [-0.1, -0.05) is 33.5 Å². The Morgan fingerprint density at radius 2 is 1.82 bits per heavy atom. The van der Waals surface area contributed by atoms with E-state index in [1.807, 2.05) is 0 Å². The Bertz CT molecular complexity index is 273. The maximum absolute atomic E-state index is 11.4. The largest absolute Gasteiger partial charge is 0.480 e. The first kappa shape index (κ1) is 16.0. The third-order valence-electron chi connectivity index (χ3n) is 2.29. The lowest BCUT2D eigenvalue weighted by Gasteiger charge is -2.19. The monoisotopic (exact) mass is 261 g/mol. The van der Waals surface area contributed by atoms with E-state index >= 15 is 0 Å². The maximum atomic E-state index is 11.4. The Balaban J connectivity index is 4.04. The summed E-state index contributed by atoms with van der Waals surface area (Å²) in [4.78, 5) is 22.2. The number of carbonyl (C=O) groups is 2. The number of carbonyl (C=O) groups excluding carboxylic acids is 1. The molecule has 0 aromatic heterocycles. The van der Waals surface area contributed by atoms with E-state index in [1.54, 1.807) is 13.8 Å². The minimum absolute atomic E-state index is 0.169. The van der Waals surface area contributed by atoms with Crippen molar-refractivity contribution in [2.75, 3.05) is 6.61 Å². The number of ether oxygens (including phenoxy) is 1. The summed E-state index contributed by atoms with van der Waals surface area (Å²) in [6.45, 7) is 10.4. The molecule has 0 aromatic carbocycles. The summed E-state index contributed by atoms with van der Waals surface area (Å²) >= 11 is 0. The zero-order chi connectivity index (χ0) is 13.6. The highest BCUT2D eigenvalue weighted by atomic mass is 28.3. The highest BCUT2D eigenvalue weighted by molar-refractivity contribution is 6.76. The average Bonchev–Trinajstić information content (AvgIpc) is 2.10. The van der Waals surface area contributed by atoms with Crippen LogP contribution in [-0.4, -0.2) is 37.9 Å². The van der Waals surface area contributed by atoms with Gasteiger partial charge in [0.25, 0.3) is 0 Å². The fourth-order valence-electron chi connectivity index (χ4n) is 1.13. The lowest BCUT2D eigenvalue weighted by molar-refractivity contribution is -0.140. The van der Waals surface area contributed by atoms with Gasteiger partial charge < -0.3 is 15.2 Å². The molecule has 6 heteroatoms. The van der Waals surface area contributed by atoms with Crippen LogP contribution in [0.1, 0.15) is 13.8 Å². The molecule has 0 fully saturated rings. The van der Waals surface area contributed by atoms with Crippen molar-refractivity contribution in [2.45, 2.75) is 45.6 Å². The van der Waals surface area contributed by atoms with Crippen LogP contribution in [-0.2, 0) is 9.53 Å². The van der Waals surface area contributed by atoms with Crippen molar-refractivity contribution in [1.82, 2.24) is 5.32 Å². The van der Waals surface area contributed by atoms with Crippen LogP contribution in [0.4, 0.5) is 4.79 Å². The van der Waals surface area contributed by atoms with E-state index in [9.17, 15) is 9.59 Å². The van der Waals surface area contributed by atoms with Crippen molar-refractivity contribution >= 4 is 20.1 Å². The normalized spacial score (nSPS) is 13.3. The molecule has 0 unspecified atom stereocenters. The van der Waals surface area contributed by atoms with E-state index in [0.29, 0.717) is 6.61 Å². The average molecular weight is 261 g/mol. The van der Waals surface area contributed by atoms with Crippen LogP contribution in [0, 0.1) is 5.92 Å². The highest BCUT2D eigenvalue weighted by Crippen LogP contribution is 2.08. The number of rotatable bonds is 6. The summed E-state index contributed by atoms with van der Waals surface area (Å²) in [5.74, 6) is -1.21. The third-order valence-corrected chi connectivity index (χ3v) is 4.00. The van der Waals surface area contributed by atoms with Gasteiger partial charge in [-0.2, -0.15) is 0 Å². The number of aliphatic carboxylic acids is 1. The van der Waals surface area contributed by atoms with Crippen LogP contribution in [0.15, 0.2) is 0 Å². The van der Waals surface area contributed by atoms with Gasteiger partial charge in [-0.25, -0.2) is 9.59 Å². The molecular formula is C11H23NO4Si. The topological polar surface area (TPSA) is 75.6 Å². The van der Waals surface area contributed by atoms with Gasteiger partial charge in [-0.05, 0) is 12.0 Å². The predicted molar refractivity (Wildman–Crippen MR) is 68.9 cm³/mol. The highest BCUT2D eigenvalue weighted by Gasteiger charge is 2.24. The van der Waals surface area contributed by atoms with Crippen LogP contribution < -0.4 is 5.32 Å². The predicted octanol–water partition coefficient (Wildman–Crippen LogP) is 2.16. The number of carboxylic acid groups (broad SMARTS) is 1. The van der Waals surface area contributed by atoms with Crippen LogP contribution >= 0.6 is 0 Å². The van der Waals surface area contributed by atoms with Gasteiger partial charge in [-0.15, -0.1) is 0 Å². The summed E-state index contributed by atoms with van der Waals surface area (Å²) in [5.41, 5.74) is 0. The van der Waals surface area contributed by atoms with Crippen LogP contribution in [0.2, 0.25) is 25.7 Å². The molecule has 0 rings (SSSR count). The molecular weight excluding hydrogens is 238 g/mol. The number of amides is 1. The van der Waals surface area contributed by atoms with Crippen LogP contribution in [0.5, 0.6) is 0 Å². The van der Waals surface area contributed by atoms with E-state index < -0.39 is 26.2 Å². The van der Waals surface area contributed by atoms with E-state index in [4.69, 9.17) is 9.84 Å². The molecule has 100 valence electrons. The third kappa shape index (κ3) is 7.79. The Labute approximate surface area is 104 Å². The molecule has 5 nitrogen and oxygen atoms in total. The zero-order valence-electron chi connectivity index (χ0n) is 11.2. The number of hydrogen-bond acceptors (Lipinski definition) is 3. The fraction of sp³-hybridized carbons (Fsp3) is 0.818. The van der Waals surface area contributed by atoms with Gasteiger partial charge in [-0.3, -0.25) is 0 Å². The van der Waals surface area contributed by atoms with Crippen molar-refractivity contribution in [1.29, 1.82) is 0 Å². The standard InChI is InChI=1S/C11H23NO4Si/c1-8(2)9(10(13)14)12-11(15)16-6-7-17(3,4)5/h8-9H,6-7H2,1-5H3,(H,12,15)(H,13,14)/t9-/m0/s1. The molecule has 17 heavy (non-hydrogen) atoms. The summed E-state index contributed by atoms with van der Waals surface area (Å²) in [6, 6.07) is -0.0193. The minimum atomic E-state index is -1.23. The van der Waals surface area contributed by atoms with E-state index in [0.717, 1.165) is 6.04 Å². The first-order valence-electron chi connectivity index (χ1n) is 5.79. The number of nitrogens with one attached hydrogen (secondary N) is 1. The van der Waals surface area contributed by atoms with Crippen molar-refractivity contribution in [3.63, 3.8) is 0 Å². The Hall–Kier alpha value is -1.04. The molecule has 0 aliphatic carbocycles. The number of hydrogen-bond donors (Lipinski definition) is 2. The molecule has 0 bridgehead atoms. The van der Waals surface area contributed by atoms with E-state index in [1.165, 1.54) is 0 Å². The van der Waals surface area contributed by atoms with Crippen molar-refractivity contribution in [2.24, 2.45) is 5.92 Å². The molecule has 0 spiro atoms. The van der Waals surface area contributed by atoms with Crippen molar-refractivity contribution in [3.05, 3.63) is 0 Å². The first-order valence-corrected chi connectivity index (χ1v) is 9.50. The molecule has 0 heterocycles. The molecule has 0 aromatic rings. The lowest BCUT2D eigenvalue weighted by atomic mass is 10.1. The summed E-state index contributed by atoms with van der Waals surface area (Å²) in [6.07, 6.45) is -0.649. The Morgan fingerprint density at radius 1 is 1.29 bits per heavy atom. The molecule has 0 saturated carbocycles. The quantitative estimate of drug-likeness (QED) is 0.718. The SMILES string of the molecule is CC(C)[C@H](NC(=O)OCC[Si](C)(C)C)C(=O)O. The first-order chi connectivity index (χ1) is 7.63. The van der Waals surface area contributed by atoms with Crippen molar-refractivity contribution < 1.29 is 19.4 Å². The van der Waals surface area contributed by atoms with Gasteiger partial charge in [0.15, 0.2) is 0 Å².